The predicted molar refractivity (Wildman–Crippen MR) is 270 cm³/mol. The van der Waals surface area contributed by atoms with Gasteiger partial charge in [0.25, 0.3) is 0 Å². The fourth-order valence-electron chi connectivity index (χ4n) is 9.64. The Morgan fingerprint density at radius 3 is 1.28 bits per heavy atom. The zero-order chi connectivity index (χ0) is 42.1. The lowest BCUT2D eigenvalue weighted by Gasteiger charge is -2.26. The minimum atomic E-state index is 0.895. The Hall–Kier alpha value is -8.18. The Balaban J connectivity index is 0.883. The zero-order valence-corrected chi connectivity index (χ0v) is 35.4. The largest absolute Gasteiger partial charge is 0.456 e. The Bertz CT molecular complexity index is 3730. The number of hydrogen-bond acceptors (Lipinski definition) is 4. The number of fused-ring (bicyclic) bond motifs is 9. The third-order valence-corrected chi connectivity index (χ3v) is 13.9. The fourth-order valence-corrected chi connectivity index (χ4v) is 10.7. The number of hydrogen-bond donors (Lipinski definition) is 0. The maximum absolute atomic E-state index is 6.26. The molecular weight excluding hydrogens is 799 g/mol. The first kappa shape index (κ1) is 36.5. The van der Waals surface area contributed by atoms with E-state index in [0.717, 1.165) is 83.2 Å². The molecule has 0 saturated carbocycles. The van der Waals surface area contributed by atoms with Crippen LogP contribution >= 0.6 is 11.3 Å². The van der Waals surface area contributed by atoms with Crippen molar-refractivity contribution in [1.82, 2.24) is 0 Å². The summed E-state index contributed by atoms with van der Waals surface area (Å²) in [5, 5.41) is 7.16. The summed E-state index contributed by atoms with van der Waals surface area (Å²) < 4.78 is 15.2. The molecule has 3 aromatic heterocycles. The molecule has 0 aliphatic heterocycles. The van der Waals surface area contributed by atoms with Gasteiger partial charge in [-0.2, -0.15) is 0 Å². The Kier molecular flexibility index (Phi) is 8.40. The summed E-state index contributed by atoms with van der Waals surface area (Å²) >= 11 is 1.86. The molecule has 3 heterocycles. The number of nitrogens with zero attached hydrogens (tertiary/aromatic N) is 1. The van der Waals surface area contributed by atoms with Gasteiger partial charge in [0.15, 0.2) is 0 Å². The van der Waals surface area contributed by atoms with Crippen molar-refractivity contribution in [3.05, 3.63) is 224 Å². The normalized spacial score (nSPS) is 11.8. The number of thiophene rings is 1. The van der Waals surface area contributed by atoms with Crippen LogP contribution in [0, 0.1) is 0 Å². The van der Waals surface area contributed by atoms with Gasteiger partial charge in [0, 0.05) is 58.8 Å². The molecule has 64 heavy (non-hydrogen) atoms. The lowest BCUT2D eigenvalue weighted by Crippen LogP contribution is -2.09. The monoisotopic (exact) mass is 835 g/mol. The number of rotatable bonds is 7. The van der Waals surface area contributed by atoms with Crippen LogP contribution in [-0.2, 0) is 0 Å². The van der Waals surface area contributed by atoms with E-state index in [1.165, 1.54) is 42.4 Å². The SMILES string of the molecule is c1cc(-c2ccc(N(c3ccc(-c4cccc5oc6ccccc6c45)cc3)c3ccc(-c4cccc5oc6ccccc6c45)cc3)cc2)cc(-c2ccc3sc4ccccc4c3c2)c1. The number of anilines is 3. The highest BCUT2D eigenvalue weighted by Crippen LogP contribution is 2.43. The molecule has 0 N–H and O–H groups in total. The lowest BCUT2D eigenvalue weighted by molar-refractivity contribution is 0.668. The first-order chi connectivity index (χ1) is 31.7. The van der Waals surface area contributed by atoms with Gasteiger partial charge in [-0.25, -0.2) is 0 Å². The molecule has 13 aromatic rings. The third-order valence-electron chi connectivity index (χ3n) is 12.7. The van der Waals surface area contributed by atoms with Crippen LogP contribution in [0.1, 0.15) is 0 Å². The smallest absolute Gasteiger partial charge is 0.136 e. The third kappa shape index (κ3) is 6.03. The van der Waals surface area contributed by atoms with Crippen molar-refractivity contribution in [2.24, 2.45) is 0 Å². The van der Waals surface area contributed by atoms with Crippen LogP contribution in [0.15, 0.2) is 233 Å². The molecule has 0 bridgehead atoms. The van der Waals surface area contributed by atoms with Crippen molar-refractivity contribution in [1.29, 1.82) is 0 Å². The molecule has 0 atom stereocenters. The molecule has 300 valence electrons. The van der Waals surface area contributed by atoms with Gasteiger partial charge in [0.05, 0.1) is 0 Å². The topological polar surface area (TPSA) is 29.5 Å². The Morgan fingerprint density at radius 1 is 0.281 bits per heavy atom. The molecule has 3 nitrogen and oxygen atoms in total. The van der Waals surface area contributed by atoms with E-state index in [1.54, 1.807) is 0 Å². The molecule has 0 unspecified atom stereocenters. The highest BCUT2D eigenvalue weighted by molar-refractivity contribution is 7.25. The highest BCUT2D eigenvalue weighted by Gasteiger charge is 2.18. The Labute approximate surface area is 373 Å². The van der Waals surface area contributed by atoms with Crippen molar-refractivity contribution in [2.45, 2.75) is 0 Å². The second kappa shape index (κ2) is 14.7. The first-order valence-corrected chi connectivity index (χ1v) is 22.5. The van der Waals surface area contributed by atoms with E-state index in [0.29, 0.717) is 0 Å². The predicted octanol–water partition coefficient (Wildman–Crippen LogP) is 18.0. The average molecular weight is 836 g/mol. The minimum Gasteiger partial charge on any atom is -0.456 e. The number of furan rings is 2. The lowest BCUT2D eigenvalue weighted by atomic mass is 9.97. The van der Waals surface area contributed by atoms with E-state index in [4.69, 9.17) is 8.83 Å². The van der Waals surface area contributed by atoms with E-state index in [1.807, 2.05) is 35.6 Å². The standard InChI is InChI=1S/C60H37NO2S/c1-4-17-53-50(13-1)59-47(15-8-19-55(59)62-53)39-24-31-45(32-25-39)61(46-33-26-40(27-34-46)48-16-9-20-56-60(48)51-14-2-5-18-54(51)63-56)44-29-22-38(23-30-44)41-10-7-11-42(36-41)43-28-35-58-52(37-43)49-12-3-6-21-57(49)64-58/h1-37H. The highest BCUT2D eigenvalue weighted by atomic mass is 32.1. The molecule has 13 rings (SSSR count). The van der Waals surface area contributed by atoms with Gasteiger partial charge in [-0.05, 0) is 129 Å². The maximum Gasteiger partial charge on any atom is 0.136 e. The molecule has 0 radical (unpaired) electrons. The van der Waals surface area contributed by atoms with Gasteiger partial charge >= 0.3 is 0 Å². The summed E-state index contributed by atoms with van der Waals surface area (Å²) in [6.07, 6.45) is 0. The summed E-state index contributed by atoms with van der Waals surface area (Å²) in [5.41, 5.74) is 16.2. The number of para-hydroxylation sites is 2. The van der Waals surface area contributed by atoms with Crippen molar-refractivity contribution in [3.8, 4) is 44.5 Å². The van der Waals surface area contributed by atoms with Gasteiger partial charge < -0.3 is 13.7 Å². The molecule has 0 aliphatic carbocycles. The molecule has 4 heteroatoms. The Morgan fingerprint density at radius 2 is 0.703 bits per heavy atom. The summed E-state index contributed by atoms with van der Waals surface area (Å²) in [5.74, 6) is 0. The van der Waals surface area contributed by atoms with Crippen LogP contribution in [0.25, 0.3) is 109 Å². The summed E-state index contributed by atoms with van der Waals surface area (Å²) in [6.45, 7) is 0. The second-order valence-corrected chi connectivity index (χ2v) is 17.5. The maximum atomic E-state index is 6.26. The van der Waals surface area contributed by atoms with Crippen LogP contribution in [0.5, 0.6) is 0 Å². The molecule has 0 spiro atoms. The van der Waals surface area contributed by atoms with Gasteiger partial charge in [0.1, 0.15) is 22.3 Å². The van der Waals surface area contributed by atoms with Crippen LogP contribution in [0.3, 0.4) is 0 Å². The summed E-state index contributed by atoms with van der Waals surface area (Å²) in [6, 6.07) is 80.5. The first-order valence-electron chi connectivity index (χ1n) is 21.6. The van der Waals surface area contributed by atoms with Gasteiger partial charge in [-0.15, -0.1) is 11.3 Å². The minimum absolute atomic E-state index is 0.895. The number of benzene rings is 10. The molecule has 0 aliphatic rings. The molecule has 10 aromatic carbocycles. The fraction of sp³-hybridized carbons (Fsp3) is 0. The van der Waals surface area contributed by atoms with E-state index in [-0.39, 0.29) is 0 Å². The van der Waals surface area contributed by atoms with Crippen LogP contribution in [0.2, 0.25) is 0 Å². The van der Waals surface area contributed by atoms with E-state index < -0.39 is 0 Å². The van der Waals surface area contributed by atoms with E-state index in [2.05, 4.69) is 205 Å². The quantitative estimate of drug-likeness (QED) is 0.160. The van der Waals surface area contributed by atoms with E-state index in [9.17, 15) is 0 Å². The molecule has 0 amide bonds. The van der Waals surface area contributed by atoms with Crippen LogP contribution in [-0.4, -0.2) is 0 Å². The zero-order valence-electron chi connectivity index (χ0n) is 34.5. The average Bonchev–Trinajstić information content (AvgIpc) is 4.06. The second-order valence-electron chi connectivity index (χ2n) is 16.4. The molecular formula is C60H37NO2S. The summed E-state index contributed by atoms with van der Waals surface area (Å²) in [4.78, 5) is 2.34. The van der Waals surface area contributed by atoms with E-state index >= 15 is 0 Å². The summed E-state index contributed by atoms with van der Waals surface area (Å²) in [7, 11) is 0. The molecule has 0 fully saturated rings. The van der Waals surface area contributed by atoms with Gasteiger partial charge in [-0.1, -0.05) is 140 Å². The van der Waals surface area contributed by atoms with Crippen molar-refractivity contribution >= 4 is 92.4 Å². The van der Waals surface area contributed by atoms with Crippen molar-refractivity contribution < 1.29 is 8.83 Å². The van der Waals surface area contributed by atoms with Gasteiger partial charge in [-0.3, -0.25) is 0 Å². The van der Waals surface area contributed by atoms with Crippen molar-refractivity contribution in [2.75, 3.05) is 4.90 Å². The molecule has 0 saturated heterocycles. The van der Waals surface area contributed by atoms with Gasteiger partial charge in [0.2, 0.25) is 0 Å². The van der Waals surface area contributed by atoms with Crippen molar-refractivity contribution in [3.63, 3.8) is 0 Å². The van der Waals surface area contributed by atoms with Crippen LogP contribution < -0.4 is 4.90 Å². The van der Waals surface area contributed by atoms with Crippen LogP contribution in [0.4, 0.5) is 17.1 Å².